The fraction of sp³-hybridized carbons (Fsp3) is 0.238. The smallest absolute Gasteiger partial charge is 0.247 e. The van der Waals surface area contributed by atoms with E-state index in [2.05, 4.69) is 24.1 Å². The molecule has 0 atom stereocenters. The molecule has 5 heteroatoms. The lowest BCUT2D eigenvalue weighted by Crippen LogP contribution is -2.15. The average Bonchev–Trinajstić information content (AvgIpc) is 2.63. The van der Waals surface area contributed by atoms with E-state index in [1.807, 2.05) is 24.3 Å². The summed E-state index contributed by atoms with van der Waals surface area (Å²) >= 11 is 0. The normalized spacial score (nSPS) is 10.2. The minimum atomic E-state index is -0.583. The van der Waals surface area contributed by atoms with Crippen LogP contribution in [0.15, 0.2) is 55.1 Å². The van der Waals surface area contributed by atoms with E-state index < -0.39 is 11.7 Å². The molecular formula is C21H23FN2O2. The number of aryl methyl sites for hydroxylation is 1. The molecule has 0 spiro atoms. The number of unbranched alkanes of at least 4 members (excludes halogenated alkanes) is 1. The summed E-state index contributed by atoms with van der Waals surface area (Å²) in [5.74, 6) is -1.31. The molecule has 0 aliphatic carbocycles. The number of anilines is 2. The fourth-order valence-electron chi connectivity index (χ4n) is 2.48. The maximum absolute atomic E-state index is 13.7. The average molecular weight is 354 g/mol. The summed E-state index contributed by atoms with van der Waals surface area (Å²) in [6.07, 6.45) is 4.61. The van der Waals surface area contributed by atoms with Gasteiger partial charge in [-0.2, -0.15) is 0 Å². The van der Waals surface area contributed by atoms with Crippen LogP contribution in [0.2, 0.25) is 0 Å². The number of rotatable bonds is 8. The molecule has 0 aliphatic rings. The van der Waals surface area contributed by atoms with Crippen LogP contribution in [0.25, 0.3) is 0 Å². The van der Waals surface area contributed by atoms with Crippen molar-refractivity contribution in [1.82, 2.24) is 0 Å². The Bertz CT molecular complexity index is 785. The first kappa shape index (κ1) is 19.4. The molecule has 0 saturated heterocycles. The minimum Gasteiger partial charge on any atom is -0.326 e. The predicted molar refractivity (Wildman–Crippen MR) is 103 cm³/mol. The number of hydrogen-bond acceptors (Lipinski definition) is 2. The van der Waals surface area contributed by atoms with Crippen LogP contribution >= 0.6 is 0 Å². The number of carbonyl (C=O) groups excluding carboxylic acids is 2. The van der Waals surface area contributed by atoms with Gasteiger partial charge in [-0.3, -0.25) is 9.59 Å². The van der Waals surface area contributed by atoms with Crippen molar-refractivity contribution >= 4 is 23.2 Å². The number of hydrogen-bond donors (Lipinski definition) is 2. The highest BCUT2D eigenvalue weighted by atomic mass is 19.1. The van der Waals surface area contributed by atoms with E-state index >= 15 is 0 Å². The van der Waals surface area contributed by atoms with Gasteiger partial charge in [-0.1, -0.05) is 44.2 Å². The molecule has 0 bridgehead atoms. The minimum absolute atomic E-state index is 0.00650. The van der Waals surface area contributed by atoms with Crippen molar-refractivity contribution in [2.45, 2.75) is 32.6 Å². The van der Waals surface area contributed by atoms with Crippen molar-refractivity contribution in [3.05, 3.63) is 72.1 Å². The van der Waals surface area contributed by atoms with Crippen LogP contribution in [0.1, 0.15) is 30.9 Å². The Hall–Kier alpha value is -2.95. The number of benzene rings is 2. The van der Waals surface area contributed by atoms with Crippen LogP contribution in [-0.4, -0.2) is 11.8 Å². The Morgan fingerprint density at radius 3 is 2.42 bits per heavy atom. The summed E-state index contributed by atoms with van der Waals surface area (Å²) in [4.78, 5) is 23.5. The molecular weight excluding hydrogens is 331 g/mol. The lowest BCUT2D eigenvalue weighted by molar-refractivity contribution is -0.115. The topological polar surface area (TPSA) is 58.2 Å². The van der Waals surface area contributed by atoms with Crippen molar-refractivity contribution in [1.29, 1.82) is 0 Å². The lowest BCUT2D eigenvalue weighted by atomic mass is 10.0. The number of carbonyl (C=O) groups is 2. The Labute approximate surface area is 153 Å². The van der Waals surface area contributed by atoms with E-state index in [0.29, 0.717) is 5.69 Å². The molecule has 0 radical (unpaired) electrons. The number of halogens is 1. The van der Waals surface area contributed by atoms with E-state index in [1.54, 1.807) is 0 Å². The molecule has 0 unspecified atom stereocenters. The molecule has 2 amide bonds. The van der Waals surface area contributed by atoms with Crippen molar-refractivity contribution in [2.75, 3.05) is 10.6 Å². The summed E-state index contributed by atoms with van der Waals surface area (Å²) in [6, 6.07) is 12.0. The van der Waals surface area contributed by atoms with Crippen molar-refractivity contribution in [2.24, 2.45) is 0 Å². The quantitative estimate of drug-likeness (QED) is 0.687. The summed E-state index contributed by atoms with van der Waals surface area (Å²) in [7, 11) is 0. The van der Waals surface area contributed by atoms with E-state index in [9.17, 15) is 14.0 Å². The van der Waals surface area contributed by atoms with Crippen molar-refractivity contribution in [3.8, 4) is 0 Å². The Morgan fingerprint density at radius 2 is 1.77 bits per heavy atom. The maximum Gasteiger partial charge on any atom is 0.247 e. The monoisotopic (exact) mass is 354 g/mol. The van der Waals surface area contributed by atoms with Crippen LogP contribution in [0, 0.1) is 5.82 Å². The molecule has 2 N–H and O–H groups in total. The largest absolute Gasteiger partial charge is 0.326 e. The van der Waals surface area contributed by atoms with Crippen LogP contribution < -0.4 is 10.6 Å². The van der Waals surface area contributed by atoms with Gasteiger partial charge in [0.15, 0.2) is 0 Å². The Kier molecular flexibility index (Phi) is 7.09. The molecule has 0 saturated carbocycles. The molecule has 0 fully saturated rings. The maximum atomic E-state index is 13.7. The second kappa shape index (κ2) is 9.51. The summed E-state index contributed by atoms with van der Waals surface area (Å²) < 4.78 is 13.7. The summed E-state index contributed by atoms with van der Waals surface area (Å²) in [5, 5.41) is 5.08. The van der Waals surface area contributed by atoms with Crippen molar-refractivity contribution in [3.63, 3.8) is 0 Å². The van der Waals surface area contributed by atoms with E-state index in [0.717, 1.165) is 30.9 Å². The van der Waals surface area contributed by atoms with Gasteiger partial charge < -0.3 is 10.6 Å². The summed E-state index contributed by atoms with van der Waals surface area (Å²) in [6.45, 7) is 5.48. The first-order valence-electron chi connectivity index (χ1n) is 8.62. The van der Waals surface area contributed by atoms with Gasteiger partial charge in [-0.15, -0.1) is 0 Å². The Balaban J connectivity index is 1.97. The van der Waals surface area contributed by atoms with Gasteiger partial charge in [0, 0.05) is 5.69 Å². The molecule has 2 aromatic rings. The highest BCUT2D eigenvalue weighted by molar-refractivity contribution is 6.00. The van der Waals surface area contributed by atoms with Crippen molar-refractivity contribution < 1.29 is 14.0 Å². The lowest BCUT2D eigenvalue weighted by Gasteiger charge is -2.09. The summed E-state index contributed by atoms with van der Waals surface area (Å²) in [5.41, 5.74) is 2.57. The first-order chi connectivity index (χ1) is 12.5. The van der Waals surface area contributed by atoms with Gasteiger partial charge in [0.2, 0.25) is 11.8 Å². The van der Waals surface area contributed by atoms with E-state index in [1.165, 1.54) is 23.8 Å². The molecule has 2 aromatic carbocycles. The van der Waals surface area contributed by atoms with E-state index in [4.69, 9.17) is 0 Å². The number of amides is 2. The zero-order valence-electron chi connectivity index (χ0n) is 14.8. The molecule has 0 aliphatic heterocycles. The second-order valence-electron chi connectivity index (χ2n) is 6.03. The van der Waals surface area contributed by atoms with Crippen LogP contribution in [-0.2, 0) is 22.4 Å². The molecule has 136 valence electrons. The van der Waals surface area contributed by atoms with Gasteiger partial charge in [-0.05, 0) is 48.2 Å². The standard InChI is InChI=1S/C21H23FN2O2/c1-3-5-6-15-7-9-16(10-8-15)13-21(26)23-17-11-12-18(22)19(14-17)24-20(25)4-2/h4,7-12,14H,2-3,5-6,13H2,1H3,(H,23,26)(H,24,25). The first-order valence-corrected chi connectivity index (χ1v) is 8.62. The third kappa shape index (κ3) is 5.84. The molecule has 2 rings (SSSR count). The van der Waals surface area contributed by atoms with Gasteiger partial charge in [-0.25, -0.2) is 4.39 Å². The SMILES string of the molecule is C=CC(=O)Nc1cc(NC(=O)Cc2ccc(CCCC)cc2)ccc1F. The van der Waals surface area contributed by atoms with Crippen LogP contribution in [0.3, 0.4) is 0 Å². The van der Waals surface area contributed by atoms with Crippen LogP contribution in [0.4, 0.5) is 15.8 Å². The number of nitrogens with one attached hydrogen (secondary N) is 2. The van der Waals surface area contributed by atoms with Gasteiger partial charge in [0.05, 0.1) is 12.1 Å². The molecule has 0 heterocycles. The molecule has 26 heavy (non-hydrogen) atoms. The Morgan fingerprint density at radius 1 is 1.08 bits per heavy atom. The molecule has 0 aromatic heterocycles. The third-order valence-corrected chi connectivity index (χ3v) is 3.90. The van der Waals surface area contributed by atoms with E-state index in [-0.39, 0.29) is 18.0 Å². The second-order valence-corrected chi connectivity index (χ2v) is 6.03. The zero-order chi connectivity index (χ0) is 18.9. The van der Waals surface area contributed by atoms with Gasteiger partial charge >= 0.3 is 0 Å². The van der Waals surface area contributed by atoms with Gasteiger partial charge in [0.1, 0.15) is 5.82 Å². The van der Waals surface area contributed by atoms with Crippen LogP contribution in [0.5, 0.6) is 0 Å². The zero-order valence-corrected chi connectivity index (χ0v) is 14.8. The third-order valence-electron chi connectivity index (χ3n) is 3.90. The molecule has 4 nitrogen and oxygen atoms in total. The highest BCUT2D eigenvalue weighted by Crippen LogP contribution is 2.20. The highest BCUT2D eigenvalue weighted by Gasteiger charge is 2.09. The predicted octanol–water partition coefficient (Wildman–Crippen LogP) is 4.47. The van der Waals surface area contributed by atoms with Gasteiger partial charge in [0.25, 0.3) is 0 Å². The fourth-order valence-corrected chi connectivity index (χ4v) is 2.48.